The van der Waals surface area contributed by atoms with Gasteiger partial charge in [-0.05, 0) is 49.8 Å². The van der Waals surface area contributed by atoms with Crippen LogP contribution in [-0.2, 0) is 14.8 Å². The zero-order chi connectivity index (χ0) is 26.0. The molecule has 2 aromatic heterocycles. The SMILES string of the molecule is COCC1CCN(c2cc(C(=O)NS(=O)(=O)CCN)nc3c2c(C2CCC2)nn3-c2ccccc2)CC1. The van der Waals surface area contributed by atoms with Gasteiger partial charge >= 0.3 is 0 Å². The van der Waals surface area contributed by atoms with Crippen molar-refractivity contribution < 1.29 is 17.9 Å². The Bertz CT molecular complexity index is 1360. The van der Waals surface area contributed by atoms with Gasteiger partial charge in [0.15, 0.2) is 5.65 Å². The summed E-state index contributed by atoms with van der Waals surface area (Å²) in [7, 11) is -2.14. The fourth-order valence-electron chi connectivity index (χ4n) is 5.18. The second-order valence-corrected chi connectivity index (χ2v) is 11.8. The van der Waals surface area contributed by atoms with Gasteiger partial charge in [-0.25, -0.2) is 22.8 Å². The summed E-state index contributed by atoms with van der Waals surface area (Å²) in [5, 5.41) is 5.97. The average Bonchev–Trinajstić information content (AvgIpc) is 3.22. The molecule has 37 heavy (non-hydrogen) atoms. The molecule has 11 heteroatoms. The fraction of sp³-hybridized carbons (Fsp3) is 0.500. The number of pyridine rings is 1. The van der Waals surface area contributed by atoms with Crippen molar-refractivity contribution >= 4 is 32.7 Å². The van der Waals surface area contributed by atoms with E-state index in [-0.39, 0.29) is 18.0 Å². The molecule has 0 atom stereocenters. The van der Waals surface area contributed by atoms with Crippen LogP contribution in [-0.4, -0.2) is 68.2 Å². The molecule has 1 aliphatic heterocycles. The summed E-state index contributed by atoms with van der Waals surface area (Å²) >= 11 is 0. The second kappa shape index (κ2) is 10.8. The van der Waals surface area contributed by atoms with Gasteiger partial charge < -0.3 is 15.4 Å². The van der Waals surface area contributed by atoms with Crippen LogP contribution in [0.1, 0.15) is 54.2 Å². The highest BCUT2D eigenvalue weighted by Crippen LogP contribution is 2.43. The Kier molecular flexibility index (Phi) is 7.45. The summed E-state index contributed by atoms with van der Waals surface area (Å²) < 4.78 is 33.9. The molecule has 5 rings (SSSR count). The first-order valence-corrected chi connectivity index (χ1v) is 14.5. The molecule has 0 spiro atoms. The van der Waals surface area contributed by atoms with Crippen LogP contribution in [0.25, 0.3) is 16.7 Å². The molecule has 2 aliphatic rings. The van der Waals surface area contributed by atoms with E-state index in [0.29, 0.717) is 17.5 Å². The molecule has 10 nitrogen and oxygen atoms in total. The van der Waals surface area contributed by atoms with Crippen molar-refractivity contribution in [1.82, 2.24) is 19.5 Å². The van der Waals surface area contributed by atoms with E-state index >= 15 is 0 Å². The molecule has 3 N–H and O–H groups in total. The van der Waals surface area contributed by atoms with Crippen molar-refractivity contribution in [3.8, 4) is 5.69 Å². The van der Waals surface area contributed by atoms with Gasteiger partial charge in [-0.2, -0.15) is 5.10 Å². The number of amides is 1. The molecule has 3 aromatic rings. The highest BCUT2D eigenvalue weighted by molar-refractivity contribution is 7.90. The maximum atomic E-state index is 13.1. The molecule has 0 bridgehead atoms. The van der Waals surface area contributed by atoms with E-state index in [1.807, 2.05) is 30.3 Å². The summed E-state index contributed by atoms with van der Waals surface area (Å²) in [5.74, 6) is -0.282. The van der Waals surface area contributed by atoms with E-state index in [4.69, 9.17) is 20.6 Å². The summed E-state index contributed by atoms with van der Waals surface area (Å²) in [6.45, 7) is 2.26. The molecule has 1 amide bonds. The summed E-state index contributed by atoms with van der Waals surface area (Å²) in [5.41, 5.74) is 8.73. The molecule has 1 aliphatic carbocycles. The zero-order valence-electron chi connectivity index (χ0n) is 21.1. The van der Waals surface area contributed by atoms with Gasteiger partial charge in [0, 0.05) is 39.3 Å². The van der Waals surface area contributed by atoms with Crippen LogP contribution in [0.5, 0.6) is 0 Å². The van der Waals surface area contributed by atoms with E-state index in [1.54, 1.807) is 17.9 Å². The van der Waals surface area contributed by atoms with Crippen LogP contribution >= 0.6 is 0 Å². The number of nitrogens with one attached hydrogen (secondary N) is 1. The third kappa shape index (κ3) is 5.34. The molecule has 198 valence electrons. The van der Waals surface area contributed by atoms with E-state index < -0.39 is 15.9 Å². The van der Waals surface area contributed by atoms with Crippen LogP contribution < -0.4 is 15.4 Å². The number of fused-ring (bicyclic) bond motifs is 1. The molecular formula is C26H34N6O4S. The highest BCUT2D eigenvalue weighted by atomic mass is 32.2. The third-order valence-corrected chi connectivity index (χ3v) is 8.63. The molecule has 2 fully saturated rings. The average molecular weight is 527 g/mol. The van der Waals surface area contributed by atoms with Crippen LogP contribution in [0.4, 0.5) is 5.69 Å². The molecule has 1 aromatic carbocycles. The number of ether oxygens (including phenoxy) is 1. The predicted molar refractivity (Wildman–Crippen MR) is 143 cm³/mol. The second-order valence-electron chi connectivity index (χ2n) is 9.91. The lowest BCUT2D eigenvalue weighted by Crippen LogP contribution is -2.37. The van der Waals surface area contributed by atoms with E-state index in [0.717, 1.165) is 74.3 Å². The van der Waals surface area contributed by atoms with Crippen molar-refractivity contribution in [3.63, 3.8) is 0 Å². The van der Waals surface area contributed by atoms with E-state index in [1.165, 1.54) is 0 Å². The third-order valence-electron chi connectivity index (χ3n) is 7.36. The Morgan fingerprint density at radius 2 is 1.89 bits per heavy atom. The van der Waals surface area contributed by atoms with Crippen LogP contribution in [0.15, 0.2) is 36.4 Å². The van der Waals surface area contributed by atoms with Gasteiger partial charge in [0.05, 0.1) is 28.2 Å². The molecule has 3 heterocycles. The number of carbonyl (C=O) groups is 1. The number of para-hydroxylation sites is 1. The van der Waals surface area contributed by atoms with Crippen molar-refractivity contribution in [3.05, 3.63) is 47.8 Å². The number of benzene rings is 1. The minimum Gasteiger partial charge on any atom is -0.384 e. The number of hydrogen-bond acceptors (Lipinski definition) is 8. The van der Waals surface area contributed by atoms with Gasteiger partial charge in [-0.3, -0.25) is 4.79 Å². The lowest BCUT2D eigenvalue weighted by atomic mass is 9.82. The van der Waals surface area contributed by atoms with Crippen LogP contribution in [0, 0.1) is 5.92 Å². The van der Waals surface area contributed by atoms with Crippen LogP contribution in [0.2, 0.25) is 0 Å². The largest absolute Gasteiger partial charge is 0.384 e. The number of anilines is 1. The van der Waals surface area contributed by atoms with E-state index in [9.17, 15) is 13.2 Å². The zero-order valence-corrected chi connectivity index (χ0v) is 21.9. The Hall–Kier alpha value is -3.02. The minimum absolute atomic E-state index is 0.0411. The molecule has 1 saturated heterocycles. The van der Waals surface area contributed by atoms with Gasteiger partial charge in [-0.1, -0.05) is 24.6 Å². The lowest BCUT2D eigenvalue weighted by Gasteiger charge is -2.34. The number of piperidine rings is 1. The van der Waals surface area contributed by atoms with Gasteiger partial charge in [0.2, 0.25) is 10.0 Å². The van der Waals surface area contributed by atoms with Crippen LogP contribution in [0.3, 0.4) is 0 Å². The number of nitrogens with two attached hydrogens (primary N) is 1. The number of sulfonamides is 1. The number of methoxy groups -OCH3 is 1. The fourth-order valence-corrected chi connectivity index (χ4v) is 5.98. The Morgan fingerprint density at radius 3 is 2.51 bits per heavy atom. The Morgan fingerprint density at radius 1 is 1.16 bits per heavy atom. The van der Waals surface area contributed by atoms with Gasteiger partial charge in [0.1, 0.15) is 5.69 Å². The first kappa shape index (κ1) is 25.6. The molecular weight excluding hydrogens is 492 g/mol. The predicted octanol–water partition coefficient (Wildman–Crippen LogP) is 2.57. The first-order valence-electron chi connectivity index (χ1n) is 12.9. The summed E-state index contributed by atoms with van der Waals surface area (Å²) in [6.07, 6.45) is 5.23. The van der Waals surface area contributed by atoms with Crippen molar-refractivity contribution in [2.24, 2.45) is 11.7 Å². The van der Waals surface area contributed by atoms with Crippen molar-refractivity contribution in [2.75, 3.05) is 44.0 Å². The maximum absolute atomic E-state index is 13.1. The monoisotopic (exact) mass is 526 g/mol. The normalized spacial score (nSPS) is 17.2. The summed E-state index contributed by atoms with van der Waals surface area (Å²) in [4.78, 5) is 20.1. The lowest BCUT2D eigenvalue weighted by molar-refractivity contribution is 0.0977. The highest BCUT2D eigenvalue weighted by Gasteiger charge is 2.32. The number of carbonyl (C=O) groups excluding carboxylic acids is 1. The number of rotatable bonds is 9. The van der Waals surface area contributed by atoms with Gasteiger partial charge in [0.25, 0.3) is 5.91 Å². The molecule has 0 radical (unpaired) electrons. The standard InChI is InChI=1S/C26H34N6O4S/c1-36-17-18-10-13-31(14-11-18)22-16-21(26(33)30-37(34,35)15-12-27)28-25-23(22)24(19-6-5-7-19)29-32(25)20-8-3-2-4-9-20/h2-4,8-9,16,18-19H,5-7,10-15,17,27H2,1H3,(H,30,33). The Labute approximate surface area is 217 Å². The first-order chi connectivity index (χ1) is 17.9. The number of aromatic nitrogens is 3. The number of hydrogen-bond donors (Lipinski definition) is 2. The van der Waals surface area contributed by atoms with Crippen molar-refractivity contribution in [1.29, 1.82) is 0 Å². The maximum Gasteiger partial charge on any atom is 0.283 e. The molecule has 0 unspecified atom stereocenters. The Balaban J connectivity index is 1.65. The van der Waals surface area contributed by atoms with Gasteiger partial charge in [-0.15, -0.1) is 0 Å². The molecule has 1 saturated carbocycles. The van der Waals surface area contributed by atoms with Crippen molar-refractivity contribution in [2.45, 2.75) is 38.0 Å². The van der Waals surface area contributed by atoms with E-state index in [2.05, 4.69) is 9.62 Å². The summed E-state index contributed by atoms with van der Waals surface area (Å²) in [6, 6.07) is 11.4. The quantitative estimate of drug-likeness (QED) is 0.435. The minimum atomic E-state index is -3.86. The smallest absolute Gasteiger partial charge is 0.283 e. The topological polar surface area (TPSA) is 132 Å². The number of nitrogens with zero attached hydrogens (tertiary/aromatic N) is 4.